The third-order valence-electron chi connectivity index (χ3n) is 4.53. The fraction of sp³-hybridized carbons (Fsp3) is 0.333. The predicted octanol–water partition coefficient (Wildman–Crippen LogP) is 0.230. The number of carbonyl (C=O) groups excluding carboxylic acids is 6. The molecule has 0 bridgehead atoms. The first-order valence-electron chi connectivity index (χ1n) is 8.25. The summed E-state index contributed by atoms with van der Waals surface area (Å²) in [5.74, 6) is -3.72. The molecule has 0 aliphatic carbocycles. The molecule has 2 heterocycles. The van der Waals surface area contributed by atoms with Gasteiger partial charge in [-0.1, -0.05) is 23.9 Å². The second kappa shape index (κ2) is 7.19. The van der Waals surface area contributed by atoms with Crippen LogP contribution in [0.1, 0.15) is 34.6 Å². The number of esters is 1. The van der Waals surface area contributed by atoms with Gasteiger partial charge in [0.1, 0.15) is 11.4 Å². The van der Waals surface area contributed by atoms with Crippen LogP contribution in [0.2, 0.25) is 0 Å². The van der Waals surface area contributed by atoms with Crippen LogP contribution in [-0.4, -0.2) is 69.0 Å². The number of methoxy groups -OCH3 is 1. The zero-order chi connectivity index (χ0) is 20.7. The molecule has 1 fully saturated rings. The van der Waals surface area contributed by atoms with Gasteiger partial charge in [0, 0.05) is 6.92 Å². The number of nitrogens with zero attached hydrogens (tertiary/aromatic N) is 2. The maximum absolute atomic E-state index is 12.8. The highest BCUT2D eigenvalue weighted by molar-refractivity contribution is 8.14. The summed E-state index contributed by atoms with van der Waals surface area (Å²) in [6.07, 6.45) is 0. The number of fused-ring (bicyclic) bond motifs is 1. The van der Waals surface area contributed by atoms with Crippen molar-refractivity contribution in [1.29, 1.82) is 0 Å². The lowest BCUT2D eigenvalue weighted by Gasteiger charge is -2.50. The third kappa shape index (κ3) is 2.89. The van der Waals surface area contributed by atoms with E-state index in [1.807, 2.05) is 0 Å². The molecule has 1 aromatic rings. The van der Waals surface area contributed by atoms with Crippen LogP contribution in [0.15, 0.2) is 24.3 Å². The number of imide groups is 1. The molecule has 3 rings (SSSR count). The average molecular weight is 404 g/mol. The zero-order valence-electron chi connectivity index (χ0n) is 15.2. The van der Waals surface area contributed by atoms with E-state index in [1.165, 1.54) is 19.1 Å². The Hall–Kier alpha value is -3.01. The van der Waals surface area contributed by atoms with Crippen molar-refractivity contribution >= 4 is 46.4 Å². The van der Waals surface area contributed by atoms with E-state index in [2.05, 4.69) is 4.74 Å². The van der Waals surface area contributed by atoms with Gasteiger partial charge in [-0.05, 0) is 19.1 Å². The first-order valence-corrected chi connectivity index (χ1v) is 9.13. The Bertz CT molecular complexity index is 893. The Morgan fingerprint density at radius 2 is 1.57 bits per heavy atom. The van der Waals surface area contributed by atoms with Crippen molar-refractivity contribution in [3.63, 3.8) is 0 Å². The normalized spacial score (nSPS) is 21.9. The molecule has 9 nitrogen and oxygen atoms in total. The van der Waals surface area contributed by atoms with Gasteiger partial charge in [0.05, 0.1) is 18.2 Å². The number of Topliss-reactive ketones (excluding diaryl/α,β-unsaturated/α-hetero) is 1. The van der Waals surface area contributed by atoms with Gasteiger partial charge in [-0.3, -0.25) is 28.9 Å². The summed E-state index contributed by atoms with van der Waals surface area (Å²) >= 11 is 0.665. The second-order valence-electron chi connectivity index (χ2n) is 6.25. The van der Waals surface area contributed by atoms with Crippen LogP contribution >= 0.6 is 11.8 Å². The van der Waals surface area contributed by atoms with E-state index in [-0.39, 0.29) is 11.1 Å². The minimum absolute atomic E-state index is 0.154. The molecule has 1 saturated heterocycles. The van der Waals surface area contributed by atoms with Crippen LogP contribution < -0.4 is 0 Å². The van der Waals surface area contributed by atoms with Crippen LogP contribution in [0.3, 0.4) is 0 Å². The number of β-lactam (4-membered cyclic amide) rings is 1. The Balaban J connectivity index is 1.99. The van der Waals surface area contributed by atoms with Crippen molar-refractivity contribution in [1.82, 2.24) is 9.80 Å². The zero-order valence-corrected chi connectivity index (χ0v) is 16.0. The summed E-state index contributed by atoms with van der Waals surface area (Å²) in [5.41, 5.74) is 0.308. The molecule has 146 valence electrons. The number of thioether (sulfide) groups is 1. The van der Waals surface area contributed by atoms with Crippen molar-refractivity contribution in [2.24, 2.45) is 0 Å². The Morgan fingerprint density at radius 1 is 1.04 bits per heavy atom. The summed E-state index contributed by atoms with van der Waals surface area (Å²) in [7, 11) is 1.07. The van der Waals surface area contributed by atoms with Crippen molar-refractivity contribution in [3.8, 4) is 0 Å². The van der Waals surface area contributed by atoms with Crippen molar-refractivity contribution in [3.05, 3.63) is 35.4 Å². The highest BCUT2D eigenvalue weighted by Gasteiger charge is 2.60. The third-order valence-corrected chi connectivity index (χ3v) is 5.59. The van der Waals surface area contributed by atoms with Crippen molar-refractivity contribution in [2.45, 2.75) is 31.3 Å². The lowest BCUT2D eigenvalue weighted by atomic mass is 9.99. The first-order chi connectivity index (χ1) is 13.2. The Kier molecular flexibility index (Phi) is 5.07. The van der Waals surface area contributed by atoms with E-state index in [9.17, 15) is 28.8 Å². The van der Waals surface area contributed by atoms with E-state index in [1.54, 1.807) is 12.1 Å². The van der Waals surface area contributed by atoms with Gasteiger partial charge in [-0.25, -0.2) is 4.79 Å². The van der Waals surface area contributed by atoms with E-state index >= 15 is 0 Å². The summed E-state index contributed by atoms with van der Waals surface area (Å²) in [6, 6.07) is 3.27. The van der Waals surface area contributed by atoms with E-state index in [0.717, 1.165) is 23.8 Å². The Labute approximate surface area is 164 Å². The van der Waals surface area contributed by atoms with Gasteiger partial charge in [0.2, 0.25) is 0 Å². The maximum atomic E-state index is 12.8. The van der Waals surface area contributed by atoms with Crippen LogP contribution in [0, 0.1) is 0 Å². The number of amides is 3. The lowest BCUT2D eigenvalue weighted by Crippen LogP contribution is -2.74. The number of hydrogen-bond acceptors (Lipinski definition) is 8. The molecular weight excluding hydrogens is 388 g/mol. The van der Waals surface area contributed by atoms with Gasteiger partial charge in [0.15, 0.2) is 16.9 Å². The average Bonchev–Trinajstić information content (AvgIpc) is 2.90. The number of likely N-dealkylation sites (tertiary alicyclic amines) is 1. The van der Waals surface area contributed by atoms with Crippen LogP contribution in [0.5, 0.6) is 0 Å². The number of rotatable bonds is 5. The molecule has 1 aromatic carbocycles. The molecule has 0 spiro atoms. The lowest BCUT2D eigenvalue weighted by molar-refractivity contribution is -0.167. The van der Waals surface area contributed by atoms with Gasteiger partial charge in [0.25, 0.3) is 17.7 Å². The minimum Gasteiger partial charge on any atom is -0.467 e. The minimum atomic E-state index is -1.55. The molecule has 3 unspecified atom stereocenters. The monoisotopic (exact) mass is 404 g/mol. The second-order valence-corrected chi connectivity index (χ2v) is 7.55. The number of ketones is 1. The first kappa shape index (κ1) is 19.7. The SMILES string of the molecule is COC(=O)C(C(C)=O)N1C(=O)C(N2C(=O)c3ccccc3C2=O)C1SC(C)=O. The number of benzene rings is 1. The number of hydrogen-bond donors (Lipinski definition) is 0. The fourth-order valence-electron chi connectivity index (χ4n) is 3.32. The molecule has 0 saturated carbocycles. The summed E-state index contributed by atoms with van der Waals surface area (Å²) < 4.78 is 4.59. The quantitative estimate of drug-likeness (QED) is 0.296. The summed E-state index contributed by atoms with van der Waals surface area (Å²) in [4.78, 5) is 75.6. The number of ether oxygens (including phenoxy) is 1. The highest BCUT2D eigenvalue weighted by atomic mass is 32.2. The highest BCUT2D eigenvalue weighted by Crippen LogP contribution is 2.39. The summed E-state index contributed by atoms with van der Waals surface area (Å²) in [6.45, 7) is 2.35. The molecule has 2 aliphatic heterocycles. The fourth-order valence-corrected chi connectivity index (χ4v) is 4.37. The number of carbonyl (C=O) groups is 6. The van der Waals surface area contributed by atoms with Crippen LogP contribution in [-0.2, 0) is 23.9 Å². The smallest absolute Gasteiger partial charge is 0.336 e. The van der Waals surface area contributed by atoms with Crippen LogP contribution in [0.25, 0.3) is 0 Å². The molecule has 0 aromatic heterocycles. The van der Waals surface area contributed by atoms with E-state index < -0.39 is 52.0 Å². The van der Waals surface area contributed by atoms with E-state index in [0.29, 0.717) is 11.8 Å². The molecule has 0 N–H and O–H groups in total. The molecule has 10 heteroatoms. The molecular formula is C18H16N2O7S. The van der Waals surface area contributed by atoms with Crippen LogP contribution in [0.4, 0.5) is 0 Å². The van der Waals surface area contributed by atoms with Gasteiger partial charge < -0.3 is 9.64 Å². The summed E-state index contributed by atoms with van der Waals surface area (Å²) in [5, 5.41) is -1.48. The standard InChI is InChI=1S/C18H16N2O7S/c1-8(21)12(18(26)27-3)20-16(25)13(17(20)28-9(2)22)19-14(23)10-6-4-5-7-11(10)15(19)24/h4-7,12-13,17H,1-3H3. The predicted molar refractivity (Wildman–Crippen MR) is 96.1 cm³/mol. The molecule has 2 aliphatic rings. The van der Waals surface area contributed by atoms with Gasteiger partial charge in [-0.15, -0.1) is 0 Å². The van der Waals surface area contributed by atoms with Gasteiger partial charge >= 0.3 is 5.97 Å². The Morgan fingerprint density at radius 3 is 2.00 bits per heavy atom. The largest absolute Gasteiger partial charge is 0.467 e. The molecule has 28 heavy (non-hydrogen) atoms. The molecule has 0 radical (unpaired) electrons. The van der Waals surface area contributed by atoms with Crippen molar-refractivity contribution in [2.75, 3.05) is 7.11 Å². The van der Waals surface area contributed by atoms with E-state index in [4.69, 9.17) is 0 Å². The molecule has 3 atom stereocenters. The molecule has 3 amide bonds. The topological polar surface area (TPSA) is 118 Å². The van der Waals surface area contributed by atoms with Gasteiger partial charge in [-0.2, -0.15) is 0 Å². The van der Waals surface area contributed by atoms with Crippen molar-refractivity contribution < 1.29 is 33.5 Å². The maximum Gasteiger partial charge on any atom is 0.336 e.